The Kier molecular flexibility index (Phi) is 3.65. The van der Waals surface area contributed by atoms with Crippen molar-refractivity contribution in [2.45, 2.75) is 12.8 Å². The van der Waals surface area contributed by atoms with E-state index in [1.807, 2.05) is 6.07 Å². The molecule has 4 rings (SSSR count). The van der Waals surface area contributed by atoms with Crippen LogP contribution in [-0.2, 0) is 12.8 Å². The van der Waals surface area contributed by atoms with Gasteiger partial charge in [0.15, 0.2) is 0 Å². The number of benzene rings is 2. The number of nitrogens with zero attached hydrogens (tertiary/aromatic N) is 2. The van der Waals surface area contributed by atoms with Crippen molar-refractivity contribution in [3.63, 3.8) is 0 Å². The number of nitrogen functional groups attached to an aromatic ring is 1. The molecule has 0 amide bonds. The van der Waals surface area contributed by atoms with Gasteiger partial charge in [-0.1, -0.05) is 0 Å². The molecule has 0 atom stereocenters. The third-order valence-corrected chi connectivity index (χ3v) is 4.22. The van der Waals surface area contributed by atoms with Crippen molar-refractivity contribution >= 4 is 33.9 Å². The fourth-order valence-electron chi connectivity index (χ4n) is 2.89. The molecular formula is C18H16N6O2. The molecule has 2 aromatic heterocycles. The number of nitrogens with two attached hydrogens (primary N) is 1. The van der Waals surface area contributed by atoms with E-state index in [9.17, 15) is 4.79 Å². The van der Waals surface area contributed by atoms with Crippen LogP contribution in [-0.4, -0.2) is 36.8 Å². The maximum atomic E-state index is 11.0. The summed E-state index contributed by atoms with van der Waals surface area (Å²) in [4.78, 5) is 26.5. The van der Waals surface area contributed by atoms with Gasteiger partial charge in [0.1, 0.15) is 17.5 Å². The number of H-pyrrole nitrogens is 2. The predicted molar refractivity (Wildman–Crippen MR) is 97.6 cm³/mol. The number of hydrogen-bond donors (Lipinski definition) is 5. The average Bonchev–Trinajstić information content (AvgIpc) is 3.21. The largest absolute Gasteiger partial charge is 0.478 e. The minimum absolute atomic E-state index is 0.0134. The van der Waals surface area contributed by atoms with E-state index in [-0.39, 0.29) is 11.4 Å². The highest BCUT2D eigenvalue weighted by molar-refractivity contribution is 5.98. The highest BCUT2D eigenvalue weighted by atomic mass is 16.4. The number of aromatic nitrogens is 4. The van der Waals surface area contributed by atoms with Crippen molar-refractivity contribution in [1.29, 1.82) is 5.41 Å². The Hall–Kier alpha value is -3.68. The summed E-state index contributed by atoms with van der Waals surface area (Å²) in [5.41, 5.74) is 9.46. The van der Waals surface area contributed by atoms with Gasteiger partial charge in [-0.05, 0) is 36.4 Å². The van der Waals surface area contributed by atoms with Crippen LogP contribution >= 0.6 is 0 Å². The Morgan fingerprint density at radius 3 is 1.96 bits per heavy atom. The van der Waals surface area contributed by atoms with E-state index in [4.69, 9.17) is 16.2 Å². The van der Waals surface area contributed by atoms with Crippen molar-refractivity contribution in [2.75, 3.05) is 0 Å². The van der Waals surface area contributed by atoms with Crippen LogP contribution in [0.15, 0.2) is 36.4 Å². The summed E-state index contributed by atoms with van der Waals surface area (Å²) in [6.07, 6.45) is 1.28. The number of hydrogen-bond acceptors (Lipinski definition) is 4. The van der Waals surface area contributed by atoms with E-state index in [0.717, 1.165) is 28.2 Å². The van der Waals surface area contributed by atoms with E-state index < -0.39 is 5.97 Å². The van der Waals surface area contributed by atoms with Gasteiger partial charge in [0.2, 0.25) is 0 Å². The maximum absolute atomic E-state index is 11.0. The number of imidazole rings is 2. The number of rotatable bonds is 5. The second-order valence-corrected chi connectivity index (χ2v) is 6.05. The molecule has 130 valence electrons. The first kappa shape index (κ1) is 15.8. The third-order valence-electron chi connectivity index (χ3n) is 4.22. The van der Waals surface area contributed by atoms with Crippen LogP contribution < -0.4 is 5.73 Å². The zero-order valence-electron chi connectivity index (χ0n) is 13.7. The molecule has 0 saturated carbocycles. The quantitative estimate of drug-likeness (QED) is 0.277. The number of nitrogens with one attached hydrogen (secondary N) is 3. The molecule has 0 saturated heterocycles. The number of carboxylic acid groups (broad SMARTS) is 1. The molecule has 0 unspecified atom stereocenters. The standard InChI is InChI=1S/C18H16N6O2/c19-17(20)9-1-3-11-13(7-9)23-15(21-11)5-6-16-22-12-4-2-10(18(25)26)8-14(12)24-16/h1-4,7-8H,5-6H2,(H3,19,20)(H,21,23)(H,22,24)(H,25,26). The zero-order chi connectivity index (χ0) is 18.3. The van der Waals surface area contributed by atoms with Gasteiger partial charge in [-0.15, -0.1) is 0 Å². The number of fused-ring (bicyclic) bond motifs is 2. The van der Waals surface area contributed by atoms with Gasteiger partial charge in [0.05, 0.1) is 27.6 Å². The molecule has 0 fully saturated rings. The number of carboxylic acids is 1. The van der Waals surface area contributed by atoms with E-state index >= 15 is 0 Å². The maximum Gasteiger partial charge on any atom is 0.335 e. The summed E-state index contributed by atoms with van der Waals surface area (Å²) in [5, 5.41) is 16.6. The normalized spacial score (nSPS) is 11.2. The zero-order valence-corrected chi connectivity index (χ0v) is 13.7. The molecule has 0 aliphatic carbocycles. The van der Waals surface area contributed by atoms with E-state index in [2.05, 4.69) is 19.9 Å². The van der Waals surface area contributed by atoms with Gasteiger partial charge >= 0.3 is 5.97 Å². The molecular weight excluding hydrogens is 332 g/mol. The minimum Gasteiger partial charge on any atom is -0.478 e. The van der Waals surface area contributed by atoms with Crippen LogP contribution in [0.5, 0.6) is 0 Å². The molecule has 0 bridgehead atoms. The second kappa shape index (κ2) is 5.99. The van der Waals surface area contributed by atoms with Gasteiger partial charge in [0.25, 0.3) is 0 Å². The first-order valence-electron chi connectivity index (χ1n) is 8.04. The Morgan fingerprint density at radius 1 is 0.962 bits per heavy atom. The van der Waals surface area contributed by atoms with E-state index in [1.54, 1.807) is 30.3 Å². The van der Waals surface area contributed by atoms with Crippen LogP contribution in [0.1, 0.15) is 27.6 Å². The van der Waals surface area contributed by atoms with E-state index in [1.165, 1.54) is 0 Å². The fourth-order valence-corrected chi connectivity index (χ4v) is 2.89. The first-order chi connectivity index (χ1) is 12.5. The van der Waals surface area contributed by atoms with Crippen LogP contribution in [0, 0.1) is 5.41 Å². The molecule has 0 aliphatic rings. The Bertz CT molecular complexity index is 1070. The summed E-state index contributed by atoms with van der Waals surface area (Å²) in [5.74, 6) is 0.628. The number of carbonyl (C=O) groups is 1. The summed E-state index contributed by atoms with van der Waals surface area (Å²) in [6, 6.07) is 10.3. The molecule has 0 radical (unpaired) electrons. The lowest BCUT2D eigenvalue weighted by Gasteiger charge is -1.95. The van der Waals surface area contributed by atoms with Gasteiger partial charge < -0.3 is 20.8 Å². The summed E-state index contributed by atoms with van der Waals surface area (Å²) in [6.45, 7) is 0. The summed E-state index contributed by atoms with van der Waals surface area (Å²) in [7, 11) is 0. The van der Waals surface area contributed by atoms with Crippen molar-refractivity contribution in [3.8, 4) is 0 Å². The molecule has 26 heavy (non-hydrogen) atoms. The van der Waals surface area contributed by atoms with Crippen molar-refractivity contribution < 1.29 is 9.90 Å². The lowest BCUT2D eigenvalue weighted by atomic mass is 10.2. The average molecular weight is 348 g/mol. The highest BCUT2D eigenvalue weighted by Crippen LogP contribution is 2.17. The fraction of sp³-hybridized carbons (Fsp3) is 0.111. The Balaban J connectivity index is 1.54. The summed E-state index contributed by atoms with van der Waals surface area (Å²) >= 11 is 0. The number of amidine groups is 1. The Labute approximate surface area is 147 Å². The van der Waals surface area contributed by atoms with Gasteiger partial charge in [-0.3, -0.25) is 5.41 Å². The SMILES string of the molecule is N=C(N)c1ccc2[nH]c(CCc3nc4cc(C(=O)O)ccc4[nH]3)nc2c1. The monoisotopic (exact) mass is 348 g/mol. The molecule has 0 aliphatic heterocycles. The molecule has 2 heterocycles. The number of aryl methyl sites for hydroxylation is 2. The smallest absolute Gasteiger partial charge is 0.335 e. The second-order valence-electron chi connectivity index (χ2n) is 6.05. The Morgan fingerprint density at radius 2 is 1.46 bits per heavy atom. The summed E-state index contributed by atoms with van der Waals surface area (Å²) < 4.78 is 0. The molecule has 2 aromatic carbocycles. The molecule has 4 aromatic rings. The number of aromatic carboxylic acids is 1. The van der Waals surface area contributed by atoms with Gasteiger partial charge in [0, 0.05) is 18.4 Å². The molecule has 8 heteroatoms. The molecule has 8 nitrogen and oxygen atoms in total. The minimum atomic E-state index is -0.969. The topological polar surface area (TPSA) is 145 Å². The predicted octanol–water partition coefficient (Wildman–Crippen LogP) is 2.21. The van der Waals surface area contributed by atoms with Crippen molar-refractivity contribution in [3.05, 3.63) is 59.2 Å². The van der Waals surface area contributed by atoms with Crippen molar-refractivity contribution in [1.82, 2.24) is 19.9 Å². The molecule has 6 N–H and O–H groups in total. The van der Waals surface area contributed by atoms with Gasteiger partial charge in [-0.25, -0.2) is 14.8 Å². The van der Waals surface area contributed by atoms with Crippen LogP contribution in [0.25, 0.3) is 22.1 Å². The van der Waals surface area contributed by atoms with Crippen LogP contribution in [0.4, 0.5) is 0 Å². The van der Waals surface area contributed by atoms with Crippen molar-refractivity contribution in [2.24, 2.45) is 5.73 Å². The van der Waals surface area contributed by atoms with E-state index in [0.29, 0.717) is 23.9 Å². The van der Waals surface area contributed by atoms with Crippen LogP contribution in [0.2, 0.25) is 0 Å². The third kappa shape index (κ3) is 2.88. The number of aromatic amines is 2. The lowest BCUT2D eigenvalue weighted by Crippen LogP contribution is -2.10. The van der Waals surface area contributed by atoms with Crippen LogP contribution in [0.3, 0.4) is 0 Å². The van der Waals surface area contributed by atoms with Gasteiger partial charge in [-0.2, -0.15) is 0 Å². The lowest BCUT2D eigenvalue weighted by molar-refractivity contribution is 0.0697. The molecule has 0 spiro atoms. The first-order valence-corrected chi connectivity index (χ1v) is 8.04. The highest BCUT2D eigenvalue weighted by Gasteiger charge is 2.10.